The molecule has 0 saturated heterocycles. The molecule has 0 unspecified atom stereocenters. The number of Topliss-reactive ketones (excluding diaryl/α,β-unsaturated/α-hetero) is 3. The summed E-state index contributed by atoms with van der Waals surface area (Å²) in [6, 6.07) is 3.39. The third kappa shape index (κ3) is 11.5. The molecule has 4 aromatic rings. The summed E-state index contributed by atoms with van der Waals surface area (Å²) >= 11 is 0. The number of carbonyl (C=O) groups excluding carboxylic acids is 3. The number of halogens is 1. The van der Waals surface area contributed by atoms with Crippen molar-refractivity contribution in [2.24, 2.45) is 121 Å². The molecule has 0 spiro atoms. The summed E-state index contributed by atoms with van der Waals surface area (Å²) in [7, 11) is 0. The number of rotatable bonds is 9. The third-order valence-corrected chi connectivity index (χ3v) is 32.7. The maximum atomic E-state index is 14.5. The van der Waals surface area contributed by atoms with Crippen LogP contribution in [0.25, 0.3) is 11.0 Å². The van der Waals surface area contributed by atoms with Gasteiger partial charge in [0.25, 0.3) is 0 Å². The van der Waals surface area contributed by atoms with E-state index in [1.807, 2.05) is 81.8 Å². The lowest BCUT2D eigenvalue weighted by Crippen LogP contribution is -2.55. The zero-order chi connectivity index (χ0) is 68.2. The predicted molar refractivity (Wildman–Crippen MR) is 373 cm³/mol. The Morgan fingerprint density at radius 1 is 0.490 bits per heavy atom. The largest absolute Gasteiger partial charge is 0.390 e. The number of nitrogens with zero attached hydrogens (tertiary/aromatic N) is 7. The number of carbonyl (C=O) groups is 3. The molecule has 12 aliphatic rings. The number of hydrogen-bond donors (Lipinski definition) is 3. The van der Waals surface area contributed by atoms with E-state index in [9.17, 15) is 34.1 Å². The fraction of sp³-hybridized carbons (Fsp3) is 0.817. The summed E-state index contributed by atoms with van der Waals surface area (Å²) in [6.07, 6.45) is 38.4. The Balaban J connectivity index is 0.000000124. The van der Waals surface area contributed by atoms with Crippen LogP contribution >= 0.6 is 0 Å². The Labute approximate surface area is 574 Å². The molecule has 14 heteroatoms. The van der Waals surface area contributed by atoms with Crippen LogP contribution in [0.15, 0.2) is 36.9 Å². The summed E-state index contributed by atoms with van der Waals surface area (Å²) < 4.78 is 19.8. The maximum Gasteiger partial charge on any atom is 0.160 e. The van der Waals surface area contributed by atoms with Gasteiger partial charge in [-0.2, -0.15) is 10.2 Å². The van der Waals surface area contributed by atoms with E-state index in [-0.39, 0.29) is 63.7 Å². The third-order valence-electron chi connectivity index (χ3n) is 32.7. The minimum Gasteiger partial charge on any atom is -0.390 e. The van der Waals surface area contributed by atoms with Crippen molar-refractivity contribution in [1.82, 2.24) is 34.6 Å². The predicted octanol–water partition coefficient (Wildman–Crippen LogP) is 16.8. The standard InChI is InChI=1S/C29H40FN3O2.C27H42N2O2.C26H40N2O2/c1-17-5-10-23-26(25(17)30)31-32-33(23)16-24(34)22-9-8-20-19-7-6-18-15-27(2,35)13-14-28(18,3)21(19)11-12-29(20,22)4;1-17-15-28-29(16-17)18(2)24(30)23-9-8-21-20-7-6-19-14-25(3,31)12-13-26(19,4)22(20)10-11-27(21,23)5;1-17-14-27-28(15-17)16-23(29)22-8-7-20-19-6-5-18-13-24(2,30)11-12-25(18,3)21(19)9-10-26(20,22)4/h5,10,18-22,35H,6-9,11-16H2,1-4H3;15-16,18-23,31H,6-14H2,1-5H3;14-15,18-22,30H,5-13,16H2,1-4H3/t18-,19+,20+,21+,22-,27-,28+,29+;18-,19+,20+,21+,22+,23-,25-,26+,27+;18-,19-,20-,21-,22+,24+,25-,26-/m110/s1. The van der Waals surface area contributed by atoms with Crippen LogP contribution in [0.4, 0.5) is 4.39 Å². The number of aryl methyl sites for hydroxylation is 3. The SMILES string of the molecule is Cc1ccc2c(nnn2CC(=O)[C@H]2CC[C@H]3[C@@H]4CC[C@@H]5C[C@](C)(O)CC[C@]5(C)[C@H]4CC[C@]23C)c1F.Cc1cnn(CC(=O)[C@H]2CC[C@H]3[C@@H]4CC[C@H]5C[C@](C)(O)CC[C@]5(C)[C@H]4CC[C@]23C)c1.Cc1cnn([C@H](C)C(=O)[C@H]2CC[C@H]3[C@@H]4CC[C@H]5C[C@](C)(O)CC[C@]5(C)[C@H]4CC[C@]23C)c1. The second kappa shape index (κ2) is 24.6. The Hall–Kier alpha value is -4.14. The molecule has 528 valence electrons. The fourth-order valence-corrected chi connectivity index (χ4v) is 27.2. The van der Waals surface area contributed by atoms with E-state index in [1.165, 1.54) is 96.3 Å². The number of fused-ring (bicyclic) bond motifs is 16. The lowest BCUT2D eigenvalue weighted by molar-refractivity contribution is -0.151. The monoisotopic (exact) mass is 1320 g/mol. The molecule has 3 aromatic heterocycles. The van der Waals surface area contributed by atoms with Crippen LogP contribution in [0.5, 0.6) is 0 Å². The number of benzene rings is 1. The Morgan fingerprint density at radius 3 is 1.32 bits per heavy atom. The van der Waals surface area contributed by atoms with Crippen molar-refractivity contribution < 1.29 is 34.1 Å². The van der Waals surface area contributed by atoms with Crippen LogP contribution in [-0.4, -0.2) is 84.0 Å². The number of aliphatic hydroxyl groups is 3. The van der Waals surface area contributed by atoms with Gasteiger partial charge >= 0.3 is 0 Å². The zero-order valence-corrected chi connectivity index (χ0v) is 61.3. The second-order valence-electron chi connectivity index (χ2n) is 38.1. The maximum absolute atomic E-state index is 14.5. The number of ketones is 3. The van der Waals surface area contributed by atoms with Gasteiger partial charge in [0.1, 0.15) is 18.1 Å². The Kier molecular flexibility index (Phi) is 17.6. The van der Waals surface area contributed by atoms with Gasteiger partial charge in [-0.1, -0.05) is 52.8 Å². The normalized spacial score (nSPS) is 46.1. The molecule has 1 aromatic carbocycles. The van der Waals surface area contributed by atoms with Gasteiger partial charge in [0, 0.05) is 30.1 Å². The van der Waals surface area contributed by atoms with Crippen LogP contribution in [0.3, 0.4) is 0 Å². The Bertz CT molecular complexity index is 3580. The highest BCUT2D eigenvalue weighted by Crippen LogP contribution is 2.72. The van der Waals surface area contributed by atoms with Crippen molar-refractivity contribution in [3.63, 3.8) is 0 Å². The molecule has 3 N–H and O–H groups in total. The van der Waals surface area contributed by atoms with E-state index < -0.39 is 16.8 Å². The van der Waals surface area contributed by atoms with Crippen LogP contribution in [-0.2, 0) is 27.5 Å². The lowest BCUT2D eigenvalue weighted by Gasteiger charge is -2.61. The quantitative estimate of drug-likeness (QED) is 0.146. The topological polar surface area (TPSA) is 178 Å². The fourth-order valence-electron chi connectivity index (χ4n) is 27.2. The summed E-state index contributed by atoms with van der Waals surface area (Å²) in [4.78, 5) is 40.6. The van der Waals surface area contributed by atoms with Crippen LogP contribution in [0.2, 0.25) is 0 Å². The first-order chi connectivity index (χ1) is 45.2. The highest BCUT2D eigenvalue weighted by molar-refractivity contribution is 5.86. The molecule has 0 radical (unpaired) electrons. The van der Waals surface area contributed by atoms with Gasteiger partial charge in [-0.05, 0) is 348 Å². The summed E-state index contributed by atoms with van der Waals surface area (Å²) in [5, 5.41) is 49.1. The summed E-state index contributed by atoms with van der Waals surface area (Å²) in [5.41, 5.74) is 3.68. The summed E-state index contributed by atoms with van der Waals surface area (Å²) in [6.45, 7) is 29.4. The molecule has 12 saturated carbocycles. The van der Waals surface area contributed by atoms with Crippen LogP contribution in [0.1, 0.15) is 265 Å². The molecular formula is C82H122FN7O6. The highest BCUT2D eigenvalue weighted by Gasteiger charge is 2.66. The molecule has 3 heterocycles. The molecule has 0 amide bonds. The van der Waals surface area contributed by atoms with Gasteiger partial charge in [0.2, 0.25) is 0 Å². The number of hydrogen-bond acceptors (Lipinski definition) is 10. The van der Waals surface area contributed by atoms with Gasteiger partial charge in [0.15, 0.2) is 23.2 Å². The van der Waals surface area contributed by atoms with Gasteiger partial charge in [0.05, 0.1) is 41.3 Å². The van der Waals surface area contributed by atoms with E-state index >= 15 is 0 Å². The molecule has 16 rings (SSSR count). The van der Waals surface area contributed by atoms with Gasteiger partial charge in [-0.25, -0.2) is 9.07 Å². The lowest BCUT2D eigenvalue weighted by atomic mass is 9.44. The molecule has 12 fully saturated rings. The highest BCUT2D eigenvalue weighted by atomic mass is 19.1. The molecule has 12 aliphatic carbocycles. The van der Waals surface area contributed by atoms with Gasteiger partial charge in [-0.15, -0.1) is 5.10 Å². The van der Waals surface area contributed by atoms with Crippen molar-refractivity contribution in [2.45, 2.75) is 299 Å². The first kappa shape index (κ1) is 69.0. The van der Waals surface area contributed by atoms with E-state index in [0.29, 0.717) is 86.9 Å². The number of aromatic nitrogens is 7. The zero-order valence-electron chi connectivity index (χ0n) is 61.3. The molecule has 25 atom stereocenters. The Morgan fingerprint density at radius 2 is 0.896 bits per heavy atom. The van der Waals surface area contributed by atoms with Gasteiger partial charge < -0.3 is 15.3 Å². The molecule has 96 heavy (non-hydrogen) atoms. The first-order valence-corrected chi connectivity index (χ1v) is 39.0. The second-order valence-corrected chi connectivity index (χ2v) is 38.1. The van der Waals surface area contributed by atoms with Crippen molar-refractivity contribution in [2.75, 3.05) is 0 Å². The van der Waals surface area contributed by atoms with Gasteiger partial charge in [-0.3, -0.25) is 23.7 Å². The minimum absolute atomic E-state index is 0.0415. The molecule has 0 aliphatic heterocycles. The molecular weight excluding hydrogens is 1200 g/mol. The average Bonchev–Trinajstić information content (AvgIpc) is 1.36. The molecule has 0 bridgehead atoms. The van der Waals surface area contributed by atoms with Crippen molar-refractivity contribution in [3.8, 4) is 0 Å². The minimum atomic E-state index is -0.502. The van der Waals surface area contributed by atoms with E-state index in [2.05, 4.69) is 62.1 Å². The van der Waals surface area contributed by atoms with E-state index in [1.54, 1.807) is 17.7 Å². The summed E-state index contributed by atoms with van der Waals surface area (Å²) in [5.74, 6) is 9.58. The smallest absolute Gasteiger partial charge is 0.160 e. The van der Waals surface area contributed by atoms with E-state index in [4.69, 9.17) is 0 Å². The first-order valence-electron chi connectivity index (χ1n) is 39.0. The molecule has 13 nitrogen and oxygen atoms in total. The van der Waals surface area contributed by atoms with E-state index in [0.717, 1.165) is 118 Å². The van der Waals surface area contributed by atoms with Crippen LogP contribution in [0, 0.1) is 148 Å². The van der Waals surface area contributed by atoms with Crippen molar-refractivity contribution in [1.29, 1.82) is 0 Å². The van der Waals surface area contributed by atoms with Crippen LogP contribution < -0.4 is 0 Å². The van der Waals surface area contributed by atoms with Crippen molar-refractivity contribution in [3.05, 3.63) is 59.4 Å². The van der Waals surface area contributed by atoms with Crippen molar-refractivity contribution >= 4 is 28.4 Å². The average molecular weight is 1320 g/mol.